The fourth-order valence-electron chi connectivity index (χ4n) is 1.33. The van der Waals surface area contributed by atoms with Crippen LogP contribution in [0.15, 0.2) is 4.79 Å². The maximum Gasteiger partial charge on any atom is 0.405 e. The van der Waals surface area contributed by atoms with Crippen molar-refractivity contribution < 1.29 is 9.53 Å². The number of hydrogen-bond donors (Lipinski definition) is 3. The molecule has 1 aromatic rings. The first-order valence-corrected chi connectivity index (χ1v) is 4.31. The van der Waals surface area contributed by atoms with Gasteiger partial charge in [0.15, 0.2) is 0 Å². The van der Waals surface area contributed by atoms with Crippen LogP contribution in [0.5, 0.6) is 0 Å². The first kappa shape index (κ1) is 10.4. The highest BCUT2D eigenvalue weighted by atomic mass is 16.6. The highest BCUT2D eigenvalue weighted by Gasteiger charge is 2.16. The highest BCUT2D eigenvalue weighted by molar-refractivity contribution is 5.64. The van der Waals surface area contributed by atoms with Gasteiger partial charge < -0.3 is 10.5 Å². The van der Waals surface area contributed by atoms with Gasteiger partial charge in [-0.05, 0) is 13.3 Å². The minimum absolute atomic E-state index is 0.192. The van der Waals surface area contributed by atoms with E-state index in [1.807, 2.05) is 6.92 Å². The highest BCUT2D eigenvalue weighted by Crippen LogP contribution is 2.15. The van der Waals surface area contributed by atoms with Crippen molar-refractivity contribution in [3.8, 4) is 0 Å². The first-order valence-electron chi connectivity index (χ1n) is 4.31. The van der Waals surface area contributed by atoms with Crippen molar-refractivity contribution in [1.29, 1.82) is 0 Å². The van der Waals surface area contributed by atoms with Crippen LogP contribution >= 0.6 is 0 Å². The molecule has 1 aromatic heterocycles. The standard InChI is InChI=1S/C8H13N3O3/c1-3-5-6(10-11-7(5)12)4(2)14-8(9)13/h4H,3H2,1-2H3,(H2,9,13)(H2,10,11,12). The molecule has 6 heteroatoms. The zero-order chi connectivity index (χ0) is 10.7. The van der Waals surface area contributed by atoms with Crippen LogP contribution in [0, 0.1) is 0 Å². The zero-order valence-corrected chi connectivity index (χ0v) is 8.09. The molecule has 0 saturated carbocycles. The second-order valence-corrected chi connectivity index (χ2v) is 2.90. The van der Waals surface area contributed by atoms with E-state index >= 15 is 0 Å². The largest absolute Gasteiger partial charge is 0.440 e. The number of carbonyl (C=O) groups excluding carboxylic acids is 1. The molecule has 0 bridgehead atoms. The lowest BCUT2D eigenvalue weighted by molar-refractivity contribution is 0.114. The summed E-state index contributed by atoms with van der Waals surface area (Å²) < 4.78 is 4.74. The molecule has 1 heterocycles. The third-order valence-electron chi connectivity index (χ3n) is 1.96. The molecule has 0 spiro atoms. The van der Waals surface area contributed by atoms with Gasteiger partial charge in [0.1, 0.15) is 6.10 Å². The quantitative estimate of drug-likeness (QED) is 0.657. The number of ether oxygens (including phenoxy) is 1. The predicted octanol–water partition coefficient (Wildman–Crippen LogP) is 0.422. The molecule has 1 amide bonds. The molecule has 0 aliphatic carbocycles. The predicted molar refractivity (Wildman–Crippen MR) is 49.9 cm³/mol. The fourth-order valence-corrected chi connectivity index (χ4v) is 1.33. The number of H-pyrrole nitrogens is 2. The van der Waals surface area contributed by atoms with Crippen LogP contribution in [0.1, 0.15) is 31.2 Å². The van der Waals surface area contributed by atoms with Gasteiger partial charge in [-0.2, -0.15) is 0 Å². The van der Waals surface area contributed by atoms with Crippen LogP contribution < -0.4 is 11.3 Å². The molecule has 78 valence electrons. The van der Waals surface area contributed by atoms with E-state index in [9.17, 15) is 9.59 Å². The minimum Gasteiger partial charge on any atom is -0.440 e. The van der Waals surface area contributed by atoms with E-state index in [1.54, 1.807) is 6.92 Å². The van der Waals surface area contributed by atoms with Crippen molar-refractivity contribution in [2.24, 2.45) is 5.73 Å². The number of rotatable bonds is 3. The molecule has 0 aliphatic rings. The van der Waals surface area contributed by atoms with Gasteiger partial charge in [0, 0.05) is 5.56 Å². The van der Waals surface area contributed by atoms with Gasteiger partial charge in [-0.3, -0.25) is 15.0 Å². The number of aromatic nitrogens is 2. The fraction of sp³-hybridized carbons (Fsp3) is 0.500. The Morgan fingerprint density at radius 2 is 2.21 bits per heavy atom. The van der Waals surface area contributed by atoms with Crippen molar-refractivity contribution in [2.45, 2.75) is 26.4 Å². The van der Waals surface area contributed by atoms with Gasteiger partial charge in [0.05, 0.1) is 5.69 Å². The number of aromatic amines is 2. The summed E-state index contributed by atoms with van der Waals surface area (Å²) in [5, 5.41) is 5.09. The van der Waals surface area contributed by atoms with Crippen molar-refractivity contribution in [1.82, 2.24) is 10.2 Å². The molecule has 0 aromatic carbocycles. The maximum absolute atomic E-state index is 11.2. The van der Waals surface area contributed by atoms with E-state index in [1.165, 1.54) is 0 Å². The molecule has 0 saturated heterocycles. The normalized spacial score (nSPS) is 12.4. The van der Waals surface area contributed by atoms with E-state index in [2.05, 4.69) is 10.2 Å². The van der Waals surface area contributed by atoms with E-state index in [0.717, 1.165) is 0 Å². The van der Waals surface area contributed by atoms with Crippen molar-refractivity contribution in [3.05, 3.63) is 21.6 Å². The van der Waals surface area contributed by atoms with E-state index in [0.29, 0.717) is 17.7 Å². The second-order valence-electron chi connectivity index (χ2n) is 2.90. The minimum atomic E-state index is -0.860. The lowest BCUT2D eigenvalue weighted by atomic mass is 10.1. The summed E-state index contributed by atoms with van der Waals surface area (Å²) in [7, 11) is 0. The SMILES string of the molecule is CCc1c(C(C)OC(N)=O)[nH][nH]c1=O. The summed E-state index contributed by atoms with van der Waals surface area (Å²) in [5.74, 6) is 0. The van der Waals surface area contributed by atoms with Gasteiger partial charge in [-0.1, -0.05) is 6.92 Å². The van der Waals surface area contributed by atoms with Crippen LogP contribution in [-0.4, -0.2) is 16.3 Å². The Hall–Kier alpha value is -1.72. The molecule has 0 radical (unpaired) electrons. The van der Waals surface area contributed by atoms with E-state index in [-0.39, 0.29) is 5.56 Å². The summed E-state index contributed by atoms with van der Waals surface area (Å²) in [6.45, 7) is 3.49. The van der Waals surface area contributed by atoms with Gasteiger partial charge in [-0.25, -0.2) is 4.79 Å². The third-order valence-corrected chi connectivity index (χ3v) is 1.96. The Morgan fingerprint density at radius 1 is 1.57 bits per heavy atom. The van der Waals surface area contributed by atoms with E-state index < -0.39 is 12.2 Å². The monoisotopic (exact) mass is 199 g/mol. The smallest absolute Gasteiger partial charge is 0.405 e. The number of nitrogens with one attached hydrogen (secondary N) is 2. The lowest BCUT2D eigenvalue weighted by Crippen LogP contribution is -2.17. The summed E-state index contributed by atoms with van der Waals surface area (Å²) >= 11 is 0. The van der Waals surface area contributed by atoms with Gasteiger partial charge in [0.2, 0.25) is 0 Å². The topological polar surface area (TPSA) is 101 Å². The number of amides is 1. The number of carbonyl (C=O) groups is 1. The van der Waals surface area contributed by atoms with Crippen molar-refractivity contribution in [3.63, 3.8) is 0 Å². The van der Waals surface area contributed by atoms with Crippen LogP contribution in [0.4, 0.5) is 4.79 Å². The van der Waals surface area contributed by atoms with Crippen LogP contribution in [0.25, 0.3) is 0 Å². The van der Waals surface area contributed by atoms with Gasteiger partial charge in [0.25, 0.3) is 5.56 Å². The number of nitrogens with two attached hydrogens (primary N) is 1. The van der Waals surface area contributed by atoms with Gasteiger partial charge >= 0.3 is 6.09 Å². The van der Waals surface area contributed by atoms with E-state index in [4.69, 9.17) is 10.5 Å². The second kappa shape index (κ2) is 3.99. The number of hydrogen-bond acceptors (Lipinski definition) is 3. The average molecular weight is 199 g/mol. The summed E-state index contributed by atoms with van der Waals surface area (Å²) in [6.07, 6.45) is -0.830. The molecule has 1 rings (SSSR count). The number of primary amides is 1. The van der Waals surface area contributed by atoms with Crippen LogP contribution in [0.3, 0.4) is 0 Å². The Balaban J connectivity index is 2.94. The Kier molecular flexibility index (Phi) is 2.95. The Bertz CT molecular complexity index is 379. The maximum atomic E-state index is 11.2. The molecule has 4 N–H and O–H groups in total. The first-order chi connectivity index (χ1) is 6.56. The summed E-state index contributed by atoms with van der Waals surface area (Å²) in [6, 6.07) is 0. The average Bonchev–Trinajstić information content (AvgIpc) is 2.45. The molecular weight excluding hydrogens is 186 g/mol. The summed E-state index contributed by atoms with van der Waals surface area (Å²) in [5.41, 5.74) is 5.82. The Labute approximate surface area is 80.4 Å². The Morgan fingerprint density at radius 3 is 2.71 bits per heavy atom. The molecule has 0 aliphatic heterocycles. The van der Waals surface area contributed by atoms with Crippen molar-refractivity contribution >= 4 is 6.09 Å². The lowest BCUT2D eigenvalue weighted by Gasteiger charge is -2.10. The molecular formula is C8H13N3O3. The molecule has 1 atom stereocenters. The molecule has 14 heavy (non-hydrogen) atoms. The summed E-state index contributed by atoms with van der Waals surface area (Å²) in [4.78, 5) is 21.7. The van der Waals surface area contributed by atoms with Crippen LogP contribution in [-0.2, 0) is 11.2 Å². The van der Waals surface area contributed by atoms with Crippen molar-refractivity contribution in [2.75, 3.05) is 0 Å². The molecule has 1 unspecified atom stereocenters. The third kappa shape index (κ3) is 1.95. The molecule has 6 nitrogen and oxygen atoms in total. The van der Waals surface area contributed by atoms with Crippen LogP contribution in [0.2, 0.25) is 0 Å². The molecule has 0 fully saturated rings. The zero-order valence-electron chi connectivity index (χ0n) is 8.09. The van der Waals surface area contributed by atoms with Gasteiger partial charge in [-0.15, -0.1) is 0 Å².